The molecule has 3 atom stereocenters. The molecule has 272 valence electrons. The van der Waals surface area contributed by atoms with Gasteiger partial charge in [0, 0.05) is 43.4 Å². The highest BCUT2D eigenvalue weighted by molar-refractivity contribution is 8.00. The summed E-state index contributed by atoms with van der Waals surface area (Å²) < 4.78 is 32.8. The monoisotopic (exact) mass is 690 g/mol. The molecule has 0 aromatic heterocycles. The van der Waals surface area contributed by atoms with Crippen LogP contribution in [0.4, 0.5) is 4.79 Å². The Morgan fingerprint density at radius 1 is 0.638 bits per heavy atom. The van der Waals surface area contributed by atoms with Crippen molar-refractivity contribution in [2.24, 2.45) is 0 Å². The highest BCUT2D eigenvalue weighted by Gasteiger charge is 2.42. The fraction of sp³-hybridized carbons (Fsp3) is 0.875. The zero-order valence-electron chi connectivity index (χ0n) is 28.2. The smallest absolute Gasteiger partial charge is 0.315 e. The van der Waals surface area contributed by atoms with Gasteiger partial charge in [-0.3, -0.25) is 9.59 Å². The third-order valence-electron chi connectivity index (χ3n) is 7.51. The number of hydrogen-bond acceptors (Lipinski definition) is 11. The second-order valence-corrected chi connectivity index (χ2v) is 12.8. The number of urea groups is 1. The summed E-state index contributed by atoms with van der Waals surface area (Å²) in [5, 5.41) is 12.1. The summed E-state index contributed by atoms with van der Waals surface area (Å²) in [5.74, 6) is 1.18. The summed E-state index contributed by atoms with van der Waals surface area (Å²) in [4.78, 5) is 46.1. The van der Waals surface area contributed by atoms with Gasteiger partial charge in [-0.15, -0.1) is 0 Å². The van der Waals surface area contributed by atoms with Crippen LogP contribution < -0.4 is 21.3 Å². The lowest BCUT2D eigenvalue weighted by Crippen LogP contribution is -2.36. The van der Waals surface area contributed by atoms with Gasteiger partial charge in [0.2, 0.25) is 11.8 Å². The van der Waals surface area contributed by atoms with E-state index < -0.39 is 0 Å². The van der Waals surface area contributed by atoms with Crippen LogP contribution in [0, 0.1) is 0 Å². The molecule has 3 unspecified atom stereocenters. The summed E-state index contributed by atoms with van der Waals surface area (Å²) in [6.45, 7) is 8.09. The van der Waals surface area contributed by atoms with Gasteiger partial charge in [0.15, 0.2) is 0 Å². The van der Waals surface area contributed by atoms with Crippen molar-refractivity contribution < 1.29 is 47.6 Å². The van der Waals surface area contributed by atoms with Crippen molar-refractivity contribution in [2.45, 2.75) is 82.0 Å². The molecule has 0 aromatic rings. The number of fused-ring (bicyclic) bond motifs is 1. The first kappa shape index (κ1) is 41.2. The maximum Gasteiger partial charge on any atom is 0.315 e. The molecule has 0 aliphatic carbocycles. The Morgan fingerprint density at radius 2 is 1.17 bits per heavy atom. The summed E-state index contributed by atoms with van der Waals surface area (Å²) in [6.07, 6.45) is 6.95. The molecule has 2 rings (SSSR count). The summed E-state index contributed by atoms with van der Waals surface area (Å²) in [7, 11) is 0. The molecule has 4 amide bonds. The Kier molecular flexibility index (Phi) is 24.4. The predicted octanol–water partition coefficient (Wildman–Crippen LogP) is 1.58. The van der Waals surface area contributed by atoms with Gasteiger partial charge < -0.3 is 54.5 Å². The highest BCUT2D eigenvalue weighted by atomic mass is 32.2. The summed E-state index contributed by atoms with van der Waals surface area (Å²) in [6, 6.07) is 0.402. The number of rotatable bonds is 32. The van der Waals surface area contributed by atoms with E-state index in [0.29, 0.717) is 117 Å². The van der Waals surface area contributed by atoms with Crippen LogP contribution in [0.5, 0.6) is 0 Å². The first-order chi connectivity index (χ1) is 23.0. The molecule has 0 radical (unpaired) electrons. The number of ketones is 1. The molecule has 0 bridgehead atoms. The molecule has 47 heavy (non-hydrogen) atoms. The first-order valence-electron chi connectivity index (χ1n) is 17.1. The van der Waals surface area contributed by atoms with Gasteiger partial charge in [-0.2, -0.15) is 11.8 Å². The van der Waals surface area contributed by atoms with Crippen molar-refractivity contribution in [3.63, 3.8) is 0 Å². The van der Waals surface area contributed by atoms with Crippen LogP contribution in [0.3, 0.4) is 0 Å². The lowest BCUT2D eigenvalue weighted by atomic mass is 10.0. The zero-order valence-corrected chi connectivity index (χ0v) is 29.0. The van der Waals surface area contributed by atoms with Crippen LogP contribution in [0.1, 0.15) is 64.7 Å². The van der Waals surface area contributed by atoms with Crippen LogP contribution in [0.2, 0.25) is 0 Å². The van der Waals surface area contributed by atoms with Crippen LogP contribution >= 0.6 is 11.8 Å². The normalized spacial score (nSPS) is 18.5. The molecule has 15 heteroatoms. The van der Waals surface area contributed by atoms with Crippen molar-refractivity contribution in [1.82, 2.24) is 21.3 Å². The van der Waals surface area contributed by atoms with Crippen molar-refractivity contribution in [2.75, 3.05) is 98.1 Å². The second kappa shape index (κ2) is 27.9. The minimum absolute atomic E-state index is 0.0284. The number of hydrogen-bond donors (Lipinski definition) is 4. The van der Waals surface area contributed by atoms with Crippen molar-refractivity contribution in [3.8, 4) is 0 Å². The van der Waals surface area contributed by atoms with Crippen LogP contribution in [0.25, 0.3) is 0 Å². The number of Topliss-reactive ketones (excluding diaryl/α,β-unsaturated/α-hetero) is 1. The van der Waals surface area contributed by atoms with Crippen molar-refractivity contribution in [3.05, 3.63) is 0 Å². The van der Waals surface area contributed by atoms with Gasteiger partial charge in [0.25, 0.3) is 0 Å². The van der Waals surface area contributed by atoms with Gasteiger partial charge in [-0.25, -0.2) is 4.79 Å². The molecular weight excluding hydrogens is 632 g/mol. The average Bonchev–Trinajstić information content (AvgIpc) is 3.60. The van der Waals surface area contributed by atoms with Crippen LogP contribution in [-0.4, -0.2) is 139 Å². The lowest BCUT2D eigenvalue weighted by Gasteiger charge is -2.16. The van der Waals surface area contributed by atoms with Gasteiger partial charge in [0.1, 0.15) is 5.78 Å². The van der Waals surface area contributed by atoms with E-state index in [1.807, 2.05) is 11.8 Å². The van der Waals surface area contributed by atoms with Gasteiger partial charge in [-0.1, -0.05) is 12.8 Å². The standard InChI is InChI=1S/C32H58N4O10S/c1-26(37)7-3-2-6-11-33-30(39)10-13-41-15-17-43-19-21-45-23-24-46-22-20-44-18-16-42-14-12-34-29(38)9-5-4-8-28-31-27(25-47-28)35-32(40)36-31/h27-28,31H,2-25H2,1H3,(H,33,39)(H,34,38)(H2,35,36,40). The largest absolute Gasteiger partial charge is 0.379 e. The third-order valence-corrected chi connectivity index (χ3v) is 9.02. The van der Waals surface area contributed by atoms with E-state index in [-0.39, 0.29) is 35.7 Å². The zero-order chi connectivity index (χ0) is 33.8. The van der Waals surface area contributed by atoms with E-state index in [4.69, 9.17) is 28.4 Å². The van der Waals surface area contributed by atoms with E-state index in [0.717, 1.165) is 44.3 Å². The first-order valence-corrected chi connectivity index (χ1v) is 18.2. The molecule has 2 saturated heterocycles. The second-order valence-electron chi connectivity index (χ2n) is 11.5. The highest BCUT2D eigenvalue weighted by Crippen LogP contribution is 2.33. The lowest BCUT2D eigenvalue weighted by molar-refractivity contribution is -0.122. The Balaban J connectivity index is 1.19. The van der Waals surface area contributed by atoms with Crippen LogP contribution in [-0.2, 0) is 42.8 Å². The van der Waals surface area contributed by atoms with Crippen molar-refractivity contribution in [1.29, 1.82) is 0 Å². The average molecular weight is 691 g/mol. The van der Waals surface area contributed by atoms with Crippen LogP contribution in [0.15, 0.2) is 0 Å². The number of carbonyl (C=O) groups is 4. The minimum Gasteiger partial charge on any atom is -0.379 e. The van der Waals surface area contributed by atoms with Gasteiger partial charge in [-0.05, 0) is 32.6 Å². The molecule has 4 N–H and O–H groups in total. The molecule has 2 heterocycles. The predicted molar refractivity (Wildman–Crippen MR) is 179 cm³/mol. The third kappa shape index (κ3) is 22.3. The minimum atomic E-state index is -0.0628. The molecule has 2 aliphatic rings. The topological polar surface area (TPSA) is 172 Å². The Hall–Kier alpha value is -2.01. The molecule has 2 fully saturated rings. The maximum atomic E-state index is 12.0. The summed E-state index contributed by atoms with van der Waals surface area (Å²) in [5.41, 5.74) is 0. The summed E-state index contributed by atoms with van der Waals surface area (Å²) >= 11 is 1.90. The number of thioether (sulfide) groups is 1. The van der Waals surface area contributed by atoms with Crippen molar-refractivity contribution >= 4 is 35.4 Å². The molecule has 0 aromatic carbocycles. The van der Waals surface area contributed by atoms with E-state index in [1.165, 1.54) is 0 Å². The van der Waals surface area contributed by atoms with E-state index in [1.54, 1.807) is 6.92 Å². The Morgan fingerprint density at radius 3 is 1.79 bits per heavy atom. The SMILES string of the molecule is CC(=O)CCCCCNC(=O)CCOCCOCCOCCOCCOCCOCCNC(=O)CCCCC1SCC2NC(=O)NC21. The number of unbranched alkanes of at least 4 members (excludes halogenated alkanes) is 3. The number of ether oxygens (including phenoxy) is 6. The Labute approximate surface area is 284 Å². The molecule has 14 nitrogen and oxygen atoms in total. The van der Waals surface area contributed by atoms with E-state index in [2.05, 4.69) is 21.3 Å². The quantitative estimate of drug-likeness (QED) is 0.0597. The fourth-order valence-electron chi connectivity index (χ4n) is 4.98. The van der Waals surface area contributed by atoms with Gasteiger partial charge in [0.05, 0.1) is 91.4 Å². The van der Waals surface area contributed by atoms with E-state index in [9.17, 15) is 19.2 Å². The maximum absolute atomic E-state index is 12.0. The molecular formula is C32H58N4O10S. The molecule has 0 saturated carbocycles. The molecule has 0 spiro atoms. The fourth-order valence-corrected chi connectivity index (χ4v) is 6.53. The Bertz CT molecular complexity index is 872. The number of nitrogens with one attached hydrogen (secondary N) is 4. The van der Waals surface area contributed by atoms with Gasteiger partial charge >= 0.3 is 6.03 Å². The molecule has 2 aliphatic heterocycles. The van der Waals surface area contributed by atoms with E-state index >= 15 is 0 Å². The number of amides is 4. The number of carbonyl (C=O) groups excluding carboxylic acids is 4.